The molecule has 1 saturated heterocycles. The normalized spacial score (nSPS) is 17.4. The third-order valence-electron chi connectivity index (χ3n) is 4.27. The van der Waals surface area contributed by atoms with E-state index in [1.54, 1.807) is 35.6 Å². The molecule has 0 spiro atoms. The summed E-state index contributed by atoms with van der Waals surface area (Å²) in [5.74, 6) is -0.744. The fraction of sp³-hybridized carbons (Fsp3) is 0.333. The van der Waals surface area contributed by atoms with Crippen LogP contribution in [0.4, 0.5) is 0 Å². The number of nitrogens with zero attached hydrogens (tertiary/aromatic N) is 1. The summed E-state index contributed by atoms with van der Waals surface area (Å²) in [6.45, 7) is 0.833. The first-order chi connectivity index (χ1) is 11.1. The minimum Gasteiger partial charge on any atom is -0.478 e. The molecule has 0 unspecified atom stereocenters. The van der Waals surface area contributed by atoms with Gasteiger partial charge < -0.3 is 10.0 Å². The van der Waals surface area contributed by atoms with E-state index < -0.39 is 5.97 Å². The Hall–Kier alpha value is -2.14. The highest BCUT2D eigenvalue weighted by Crippen LogP contribution is 2.34. The van der Waals surface area contributed by atoms with Crippen molar-refractivity contribution in [2.45, 2.75) is 31.7 Å². The molecule has 2 heterocycles. The second-order valence-electron chi connectivity index (χ2n) is 5.76. The molecule has 120 valence electrons. The van der Waals surface area contributed by atoms with E-state index in [0.717, 1.165) is 24.9 Å². The van der Waals surface area contributed by atoms with Gasteiger partial charge in [-0.3, -0.25) is 4.79 Å². The van der Waals surface area contributed by atoms with E-state index in [2.05, 4.69) is 11.4 Å². The van der Waals surface area contributed by atoms with E-state index in [1.807, 2.05) is 11.0 Å². The van der Waals surface area contributed by atoms with Crippen molar-refractivity contribution in [3.63, 3.8) is 0 Å². The minimum atomic E-state index is -0.927. The van der Waals surface area contributed by atoms with Crippen LogP contribution in [0.1, 0.15) is 46.1 Å². The predicted octanol–water partition coefficient (Wildman–Crippen LogP) is 3.74. The first-order valence-corrected chi connectivity index (χ1v) is 8.68. The number of amides is 1. The number of hydrogen-bond donors (Lipinski definition) is 1. The molecule has 1 aromatic carbocycles. The van der Waals surface area contributed by atoms with Gasteiger partial charge in [0.1, 0.15) is 0 Å². The van der Waals surface area contributed by atoms with Gasteiger partial charge in [0.05, 0.1) is 11.6 Å². The molecule has 23 heavy (non-hydrogen) atoms. The summed E-state index contributed by atoms with van der Waals surface area (Å²) in [6, 6.07) is 11.1. The Balaban J connectivity index is 1.59. The number of aryl methyl sites for hydroxylation is 1. The summed E-state index contributed by atoms with van der Waals surface area (Å²) in [6.07, 6.45) is 3.21. The van der Waals surface area contributed by atoms with Crippen LogP contribution in [0.15, 0.2) is 41.8 Å². The largest absolute Gasteiger partial charge is 0.478 e. The van der Waals surface area contributed by atoms with Crippen LogP contribution in [0.5, 0.6) is 0 Å². The van der Waals surface area contributed by atoms with Gasteiger partial charge in [-0.15, -0.1) is 11.3 Å². The molecule has 3 rings (SSSR count). The van der Waals surface area contributed by atoms with Gasteiger partial charge in [0, 0.05) is 17.8 Å². The van der Waals surface area contributed by atoms with Gasteiger partial charge in [-0.2, -0.15) is 0 Å². The summed E-state index contributed by atoms with van der Waals surface area (Å²) in [7, 11) is 0. The van der Waals surface area contributed by atoms with E-state index in [-0.39, 0.29) is 17.5 Å². The van der Waals surface area contributed by atoms with Crippen molar-refractivity contribution in [3.05, 3.63) is 57.8 Å². The minimum absolute atomic E-state index is 0.184. The highest BCUT2D eigenvalue weighted by Gasteiger charge is 2.30. The van der Waals surface area contributed by atoms with Gasteiger partial charge in [-0.1, -0.05) is 18.2 Å². The van der Waals surface area contributed by atoms with E-state index in [1.165, 1.54) is 4.88 Å². The number of thiophene rings is 1. The Kier molecular flexibility index (Phi) is 4.76. The summed E-state index contributed by atoms with van der Waals surface area (Å²) < 4.78 is 0. The van der Waals surface area contributed by atoms with Gasteiger partial charge in [-0.05, 0) is 48.4 Å². The molecular formula is C18H19NO3S. The molecule has 0 radical (unpaired) electrons. The maximum Gasteiger partial charge on any atom is 0.335 e. The molecule has 0 saturated carbocycles. The Morgan fingerprint density at radius 3 is 2.65 bits per heavy atom. The maximum atomic E-state index is 12.5. The third-order valence-corrected chi connectivity index (χ3v) is 5.25. The molecule has 2 aromatic rings. The monoisotopic (exact) mass is 329 g/mol. The molecule has 0 aliphatic carbocycles. The maximum absolute atomic E-state index is 12.5. The lowest BCUT2D eigenvalue weighted by Gasteiger charge is -2.24. The summed E-state index contributed by atoms with van der Waals surface area (Å²) in [5.41, 5.74) is 1.27. The van der Waals surface area contributed by atoms with Crippen LogP contribution in [0, 0.1) is 0 Å². The SMILES string of the molecule is O=C(O)c1ccc(CCC(=O)N2CCC[C@H]2c2cccs2)cc1. The predicted molar refractivity (Wildman–Crippen MR) is 89.7 cm³/mol. The Labute approximate surface area is 139 Å². The lowest BCUT2D eigenvalue weighted by atomic mass is 10.1. The van der Waals surface area contributed by atoms with Crippen molar-refractivity contribution in [3.8, 4) is 0 Å². The fourth-order valence-electron chi connectivity index (χ4n) is 3.05. The van der Waals surface area contributed by atoms with E-state index in [4.69, 9.17) is 5.11 Å². The van der Waals surface area contributed by atoms with Crippen molar-refractivity contribution in [1.82, 2.24) is 4.90 Å². The number of carboxylic acids is 1. The van der Waals surface area contributed by atoms with E-state index in [9.17, 15) is 9.59 Å². The van der Waals surface area contributed by atoms with Crippen LogP contribution in [0.25, 0.3) is 0 Å². The standard InChI is InChI=1S/C18H19NO3S/c20-17(10-7-13-5-8-14(9-6-13)18(21)22)19-11-1-3-15(19)16-4-2-12-23-16/h2,4-6,8-9,12,15H,1,3,7,10-11H2,(H,21,22)/t15-/m0/s1. The molecule has 4 nitrogen and oxygen atoms in total. The molecule has 1 aromatic heterocycles. The lowest BCUT2D eigenvalue weighted by molar-refractivity contribution is -0.132. The first-order valence-electron chi connectivity index (χ1n) is 7.80. The average Bonchev–Trinajstić information content (AvgIpc) is 3.23. The summed E-state index contributed by atoms with van der Waals surface area (Å²) in [5, 5.41) is 11.0. The fourth-order valence-corrected chi connectivity index (χ4v) is 3.92. The Morgan fingerprint density at radius 2 is 2.00 bits per heavy atom. The Bertz CT molecular complexity index is 679. The van der Waals surface area contributed by atoms with Crippen molar-refractivity contribution in [2.75, 3.05) is 6.54 Å². The molecular weight excluding hydrogens is 310 g/mol. The van der Waals surface area contributed by atoms with Crippen LogP contribution in [-0.2, 0) is 11.2 Å². The van der Waals surface area contributed by atoms with Crippen LogP contribution in [-0.4, -0.2) is 28.4 Å². The lowest BCUT2D eigenvalue weighted by Crippen LogP contribution is -2.30. The Morgan fingerprint density at radius 1 is 1.22 bits per heavy atom. The molecule has 1 amide bonds. The molecule has 1 aliphatic rings. The molecule has 1 atom stereocenters. The number of hydrogen-bond acceptors (Lipinski definition) is 3. The van der Waals surface area contributed by atoms with E-state index >= 15 is 0 Å². The average molecular weight is 329 g/mol. The van der Waals surface area contributed by atoms with Crippen LogP contribution < -0.4 is 0 Å². The van der Waals surface area contributed by atoms with Crippen molar-refractivity contribution >= 4 is 23.2 Å². The number of carbonyl (C=O) groups excluding carboxylic acids is 1. The molecule has 1 aliphatic heterocycles. The van der Waals surface area contributed by atoms with Crippen molar-refractivity contribution in [1.29, 1.82) is 0 Å². The first kappa shape index (κ1) is 15.7. The topological polar surface area (TPSA) is 57.6 Å². The second kappa shape index (κ2) is 6.96. The van der Waals surface area contributed by atoms with Gasteiger partial charge in [0.2, 0.25) is 5.91 Å². The zero-order chi connectivity index (χ0) is 16.2. The van der Waals surface area contributed by atoms with Crippen LogP contribution in [0.2, 0.25) is 0 Å². The zero-order valence-electron chi connectivity index (χ0n) is 12.8. The quantitative estimate of drug-likeness (QED) is 0.909. The zero-order valence-corrected chi connectivity index (χ0v) is 13.6. The number of aromatic carboxylic acids is 1. The van der Waals surface area contributed by atoms with E-state index in [0.29, 0.717) is 12.8 Å². The number of rotatable bonds is 5. The van der Waals surface area contributed by atoms with Crippen molar-refractivity contribution in [2.24, 2.45) is 0 Å². The van der Waals surface area contributed by atoms with Gasteiger partial charge >= 0.3 is 5.97 Å². The number of likely N-dealkylation sites (tertiary alicyclic amines) is 1. The third kappa shape index (κ3) is 3.62. The van der Waals surface area contributed by atoms with Gasteiger partial charge in [0.25, 0.3) is 0 Å². The highest BCUT2D eigenvalue weighted by atomic mass is 32.1. The molecule has 1 fully saturated rings. The van der Waals surface area contributed by atoms with Gasteiger partial charge in [0.15, 0.2) is 0 Å². The number of carboxylic acid groups (broad SMARTS) is 1. The number of benzene rings is 1. The van der Waals surface area contributed by atoms with Crippen LogP contribution in [0.3, 0.4) is 0 Å². The highest BCUT2D eigenvalue weighted by molar-refractivity contribution is 7.10. The summed E-state index contributed by atoms with van der Waals surface area (Å²) in [4.78, 5) is 26.6. The number of carbonyl (C=O) groups is 2. The summed E-state index contributed by atoms with van der Waals surface area (Å²) >= 11 is 1.71. The smallest absolute Gasteiger partial charge is 0.335 e. The second-order valence-corrected chi connectivity index (χ2v) is 6.74. The van der Waals surface area contributed by atoms with Gasteiger partial charge in [-0.25, -0.2) is 4.79 Å². The molecule has 1 N–H and O–H groups in total. The van der Waals surface area contributed by atoms with Crippen LogP contribution >= 0.6 is 11.3 Å². The molecule has 0 bridgehead atoms. The molecule has 5 heteroatoms. The van der Waals surface area contributed by atoms with Crippen molar-refractivity contribution < 1.29 is 14.7 Å².